The highest BCUT2D eigenvalue weighted by Gasteiger charge is 2.12. The number of nitrogens with one attached hydrogen (secondary N) is 2. The van der Waals surface area contributed by atoms with Crippen LogP contribution in [0.2, 0.25) is 0 Å². The van der Waals surface area contributed by atoms with E-state index in [1.165, 1.54) is 12.3 Å². The van der Waals surface area contributed by atoms with Crippen LogP contribution < -0.4 is 10.6 Å². The first kappa shape index (κ1) is 17.6. The molecule has 6 heteroatoms. The van der Waals surface area contributed by atoms with Crippen molar-refractivity contribution in [1.29, 1.82) is 0 Å². The van der Waals surface area contributed by atoms with Crippen LogP contribution in [0.1, 0.15) is 26.4 Å². The summed E-state index contributed by atoms with van der Waals surface area (Å²) in [6.45, 7) is 3.21. The molecule has 0 aliphatic rings. The number of aryl methyl sites for hydroxylation is 1. The second-order valence-corrected chi connectivity index (χ2v) is 5.81. The highest BCUT2D eigenvalue weighted by molar-refractivity contribution is 6.05. The van der Waals surface area contributed by atoms with Gasteiger partial charge in [0.15, 0.2) is 0 Å². The van der Waals surface area contributed by atoms with Crippen LogP contribution >= 0.6 is 0 Å². The lowest BCUT2D eigenvalue weighted by atomic mass is 10.2. The van der Waals surface area contributed by atoms with Crippen LogP contribution in [0, 0.1) is 6.92 Å². The quantitative estimate of drug-likeness (QED) is 0.851. The number of anilines is 1. The summed E-state index contributed by atoms with van der Waals surface area (Å²) in [5.41, 5.74) is 2.40. The number of rotatable bonds is 6. The normalized spacial score (nSPS) is 10.5. The maximum atomic E-state index is 12.3. The predicted octanol–water partition coefficient (Wildman–Crippen LogP) is 1.93. The Bertz CT molecular complexity index is 728. The smallest absolute Gasteiger partial charge is 0.269 e. The molecule has 2 rings (SSSR count). The molecule has 1 aromatic carbocycles. The van der Waals surface area contributed by atoms with Crippen LogP contribution in [0.3, 0.4) is 0 Å². The molecule has 0 radical (unpaired) electrons. The summed E-state index contributed by atoms with van der Waals surface area (Å²) in [5, 5.41) is 5.60. The topological polar surface area (TPSA) is 74.3 Å². The lowest BCUT2D eigenvalue weighted by Crippen LogP contribution is -2.32. The van der Waals surface area contributed by atoms with Crippen LogP contribution in [-0.2, 0) is 0 Å². The number of hydrogen-bond acceptors (Lipinski definition) is 4. The number of carbonyl (C=O) groups excluding carboxylic acids is 2. The third-order valence-corrected chi connectivity index (χ3v) is 3.38. The van der Waals surface area contributed by atoms with E-state index in [1.807, 2.05) is 50.2 Å². The molecule has 2 aromatic rings. The molecule has 0 atom stereocenters. The zero-order valence-electron chi connectivity index (χ0n) is 14.2. The van der Waals surface area contributed by atoms with E-state index in [1.54, 1.807) is 6.07 Å². The minimum absolute atomic E-state index is 0.227. The van der Waals surface area contributed by atoms with Gasteiger partial charge in [-0.1, -0.05) is 12.1 Å². The van der Waals surface area contributed by atoms with E-state index in [9.17, 15) is 9.59 Å². The molecule has 24 heavy (non-hydrogen) atoms. The van der Waals surface area contributed by atoms with Gasteiger partial charge in [-0.05, 0) is 50.8 Å². The molecule has 6 nitrogen and oxygen atoms in total. The van der Waals surface area contributed by atoms with Gasteiger partial charge in [-0.25, -0.2) is 0 Å². The van der Waals surface area contributed by atoms with E-state index >= 15 is 0 Å². The fourth-order valence-corrected chi connectivity index (χ4v) is 2.11. The average molecular weight is 326 g/mol. The van der Waals surface area contributed by atoms with Crippen LogP contribution in [0.4, 0.5) is 5.69 Å². The van der Waals surface area contributed by atoms with E-state index in [4.69, 9.17) is 0 Å². The molecule has 0 bridgehead atoms. The molecule has 1 aromatic heterocycles. The number of aromatic nitrogens is 1. The monoisotopic (exact) mass is 326 g/mol. The second-order valence-electron chi connectivity index (χ2n) is 5.81. The molecule has 0 unspecified atom stereocenters. The molecule has 126 valence electrons. The lowest BCUT2D eigenvalue weighted by molar-refractivity contribution is 0.0946. The fraction of sp³-hybridized carbons (Fsp3) is 0.278. The van der Waals surface area contributed by atoms with Crippen molar-refractivity contribution in [1.82, 2.24) is 15.2 Å². The van der Waals surface area contributed by atoms with Gasteiger partial charge in [-0.2, -0.15) is 0 Å². The standard InChI is InChI=1S/C18H22N4O2/c1-13-5-4-6-15(11-13)21-17(23)14-7-8-19-16(12-14)18(24)20-9-10-22(2)3/h4-8,11-12H,9-10H2,1-3H3,(H,20,24)(H,21,23). The SMILES string of the molecule is Cc1cccc(NC(=O)c2ccnc(C(=O)NCCN(C)C)c2)c1. The number of likely N-dealkylation sites (N-methyl/N-ethyl adjacent to an activating group) is 1. The van der Waals surface area contributed by atoms with Crippen molar-refractivity contribution in [3.05, 3.63) is 59.4 Å². The number of nitrogens with zero attached hydrogens (tertiary/aromatic N) is 2. The molecular formula is C18H22N4O2. The first-order chi connectivity index (χ1) is 11.5. The number of amides is 2. The maximum absolute atomic E-state index is 12.3. The van der Waals surface area contributed by atoms with Crippen LogP contribution in [0.15, 0.2) is 42.6 Å². The molecule has 2 amide bonds. The molecular weight excluding hydrogens is 304 g/mol. The van der Waals surface area contributed by atoms with Crippen molar-refractivity contribution in [3.63, 3.8) is 0 Å². The van der Waals surface area contributed by atoms with Crippen molar-refractivity contribution in [2.75, 3.05) is 32.5 Å². The van der Waals surface area contributed by atoms with Crippen molar-refractivity contribution >= 4 is 17.5 Å². The molecule has 1 heterocycles. The van der Waals surface area contributed by atoms with Crippen LogP contribution in [-0.4, -0.2) is 48.9 Å². The minimum Gasteiger partial charge on any atom is -0.349 e. The van der Waals surface area contributed by atoms with E-state index in [-0.39, 0.29) is 17.5 Å². The number of hydrogen-bond donors (Lipinski definition) is 2. The zero-order chi connectivity index (χ0) is 17.5. The van der Waals surface area contributed by atoms with Gasteiger partial charge in [0.1, 0.15) is 5.69 Å². The number of benzene rings is 1. The average Bonchev–Trinajstić information content (AvgIpc) is 2.54. The maximum Gasteiger partial charge on any atom is 0.269 e. The van der Waals surface area contributed by atoms with Crippen LogP contribution in [0.5, 0.6) is 0 Å². The summed E-state index contributed by atoms with van der Waals surface area (Å²) < 4.78 is 0. The summed E-state index contributed by atoms with van der Waals surface area (Å²) in [7, 11) is 3.86. The largest absolute Gasteiger partial charge is 0.349 e. The van der Waals surface area contributed by atoms with Gasteiger partial charge < -0.3 is 15.5 Å². The zero-order valence-corrected chi connectivity index (χ0v) is 14.2. The molecule has 0 spiro atoms. The number of carbonyl (C=O) groups is 2. The molecule has 0 saturated carbocycles. The summed E-state index contributed by atoms with van der Waals surface area (Å²) >= 11 is 0. The van der Waals surface area contributed by atoms with Gasteiger partial charge in [0.2, 0.25) is 0 Å². The van der Waals surface area contributed by atoms with E-state index in [2.05, 4.69) is 15.6 Å². The first-order valence-corrected chi connectivity index (χ1v) is 7.72. The van der Waals surface area contributed by atoms with Crippen molar-refractivity contribution in [2.45, 2.75) is 6.92 Å². The van der Waals surface area contributed by atoms with E-state index < -0.39 is 0 Å². The van der Waals surface area contributed by atoms with Crippen molar-refractivity contribution in [3.8, 4) is 0 Å². The summed E-state index contributed by atoms with van der Waals surface area (Å²) in [4.78, 5) is 30.4. The van der Waals surface area contributed by atoms with Gasteiger partial charge in [-0.3, -0.25) is 14.6 Å². The Morgan fingerprint density at radius 3 is 2.62 bits per heavy atom. The van der Waals surface area contributed by atoms with Crippen molar-refractivity contribution in [2.24, 2.45) is 0 Å². The van der Waals surface area contributed by atoms with Crippen molar-refractivity contribution < 1.29 is 9.59 Å². The summed E-state index contributed by atoms with van der Waals surface area (Å²) in [6.07, 6.45) is 1.46. The van der Waals surface area contributed by atoms with E-state index in [0.717, 1.165) is 12.1 Å². The van der Waals surface area contributed by atoms with Crippen LogP contribution in [0.25, 0.3) is 0 Å². The van der Waals surface area contributed by atoms with Gasteiger partial charge in [-0.15, -0.1) is 0 Å². The highest BCUT2D eigenvalue weighted by Crippen LogP contribution is 2.12. The summed E-state index contributed by atoms with van der Waals surface area (Å²) in [5.74, 6) is -0.563. The van der Waals surface area contributed by atoms with E-state index in [0.29, 0.717) is 17.8 Å². The number of pyridine rings is 1. The predicted molar refractivity (Wildman–Crippen MR) is 94.3 cm³/mol. The molecule has 0 aliphatic carbocycles. The Hall–Kier alpha value is -2.73. The molecule has 0 saturated heterocycles. The van der Waals surface area contributed by atoms with Gasteiger partial charge in [0.25, 0.3) is 11.8 Å². The molecule has 2 N–H and O–H groups in total. The molecule has 0 aliphatic heterocycles. The highest BCUT2D eigenvalue weighted by atomic mass is 16.2. The molecule has 0 fully saturated rings. The van der Waals surface area contributed by atoms with Gasteiger partial charge in [0.05, 0.1) is 0 Å². The summed E-state index contributed by atoms with van der Waals surface area (Å²) in [6, 6.07) is 10.6. The first-order valence-electron chi connectivity index (χ1n) is 7.72. The third kappa shape index (κ3) is 5.17. The minimum atomic E-state index is -0.290. The Balaban J connectivity index is 2.03. The second kappa shape index (κ2) is 8.21. The Kier molecular flexibility index (Phi) is 6.03. The van der Waals surface area contributed by atoms with Gasteiger partial charge >= 0.3 is 0 Å². The Morgan fingerprint density at radius 2 is 1.92 bits per heavy atom. The fourth-order valence-electron chi connectivity index (χ4n) is 2.11. The Labute approximate surface area is 141 Å². The van der Waals surface area contributed by atoms with Gasteiger partial charge in [0, 0.05) is 30.5 Å². The lowest BCUT2D eigenvalue weighted by Gasteiger charge is -2.10. The Morgan fingerprint density at radius 1 is 1.12 bits per heavy atom. The third-order valence-electron chi connectivity index (χ3n) is 3.38.